The Bertz CT molecular complexity index is 704. The molecule has 1 amide bonds. The summed E-state index contributed by atoms with van der Waals surface area (Å²) < 4.78 is 0. The molecule has 20 heavy (non-hydrogen) atoms. The van der Waals surface area contributed by atoms with Gasteiger partial charge in [-0.1, -0.05) is 18.2 Å². The summed E-state index contributed by atoms with van der Waals surface area (Å²) in [5.41, 5.74) is 2.73. The molecule has 102 valence electrons. The van der Waals surface area contributed by atoms with E-state index in [-0.39, 0.29) is 11.8 Å². The summed E-state index contributed by atoms with van der Waals surface area (Å²) in [5.74, 6) is 0.597. The lowest BCUT2D eigenvalue weighted by atomic mass is 9.88. The molecule has 2 atom stereocenters. The molecule has 0 saturated carbocycles. The van der Waals surface area contributed by atoms with Crippen LogP contribution in [0, 0.1) is 5.92 Å². The zero-order valence-corrected chi connectivity index (χ0v) is 11.1. The van der Waals surface area contributed by atoms with Gasteiger partial charge in [0, 0.05) is 29.4 Å². The Balaban J connectivity index is 1.98. The second kappa shape index (κ2) is 4.20. The van der Waals surface area contributed by atoms with Gasteiger partial charge in [0.25, 0.3) is 0 Å². The number of Topliss-reactive ketones (excluding diaryl/α,β-unsaturated/α-hetero) is 1. The molecule has 4 heteroatoms. The van der Waals surface area contributed by atoms with E-state index in [1.807, 2.05) is 29.2 Å². The van der Waals surface area contributed by atoms with Crippen molar-refractivity contribution in [2.45, 2.75) is 25.3 Å². The van der Waals surface area contributed by atoms with Crippen molar-refractivity contribution in [1.29, 1.82) is 0 Å². The molecule has 1 fully saturated rings. The van der Waals surface area contributed by atoms with Gasteiger partial charge in [0.2, 0.25) is 6.41 Å². The molecule has 4 rings (SSSR count). The number of likely N-dealkylation sites (tertiary alicyclic amines) is 1. The van der Waals surface area contributed by atoms with Gasteiger partial charge < -0.3 is 9.88 Å². The molecule has 0 spiro atoms. The highest BCUT2D eigenvalue weighted by Crippen LogP contribution is 2.43. The Kier molecular flexibility index (Phi) is 2.46. The molecule has 2 heterocycles. The highest BCUT2D eigenvalue weighted by Gasteiger charge is 2.37. The normalized spacial score (nSPS) is 25.4. The summed E-state index contributed by atoms with van der Waals surface area (Å²) in [6.07, 6.45) is 3.37. The number of H-pyrrole nitrogens is 1. The Hall–Kier alpha value is -2.10. The van der Waals surface area contributed by atoms with Crippen molar-refractivity contribution in [3.05, 3.63) is 35.5 Å². The maximum atomic E-state index is 12.5. The van der Waals surface area contributed by atoms with E-state index in [0.29, 0.717) is 18.0 Å². The highest BCUT2D eigenvalue weighted by atomic mass is 16.1. The smallest absolute Gasteiger partial charge is 0.210 e. The van der Waals surface area contributed by atoms with E-state index in [9.17, 15) is 9.59 Å². The minimum atomic E-state index is 0.0452. The van der Waals surface area contributed by atoms with Gasteiger partial charge in [-0.05, 0) is 24.8 Å². The third kappa shape index (κ3) is 1.54. The molecule has 1 aromatic heterocycles. The lowest BCUT2D eigenvalue weighted by Crippen LogP contribution is -2.35. The largest absolute Gasteiger partial charge is 0.352 e. The van der Waals surface area contributed by atoms with Crippen LogP contribution in [0.5, 0.6) is 0 Å². The summed E-state index contributed by atoms with van der Waals surface area (Å²) in [6.45, 7) is 0.755. The number of benzene rings is 1. The number of aromatic nitrogens is 1. The zero-order valence-electron chi connectivity index (χ0n) is 11.1. The molecular weight excluding hydrogens is 252 g/mol. The standard InChI is InChI=1S/C16H16N2O2/c19-9-18-6-5-10-7-13(18)15-11-3-1-2-4-12(11)17-16(15)14(20)8-10/h1-4,9-10,13,17H,5-8H2/t10-,13+/m1/s1. The van der Waals surface area contributed by atoms with E-state index < -0.39 is 0 Å². The molecule has 1 aromatic carbocycles. The van der Waals surface area contributed by atoms with E-state index in [4.69, 9.17) is 0 Å². The maximum Gasteiger partial charge on any atom is 0.210 e. The van der Waals surface area contributed by atoms with Crippen LogP contribution >= 0.6 is 0 Å². The van der Waals surface area contributed by atoms with Crippen LogP contribution in [-0.4, -0.2) is 28.6 Å². The third-order valence-corrected chi connectivity index (χ3v) is 4.72. The molecule has 2 aliphatic rings. The van der Waals surface area contributed by atoms with Crippen molar-refractivity contribution in [2.24, 2.45) is 5.92 Å². The SMILES string of the molecule is O=CN1CC[C@H]2CC(=O)c3[nH]c4ccccc4c3[C@@H]1C2. The van der Waals surface area contributed by atoms with Gasteiger partial charge in [0.05, 0.1) is 11.7 Å². The first-order chi connectivity index (χ1) is 9.78. The first kappa shape index (κ1) is 11.7. The second-order valence-corrected chi connectivity index (χ2v) is 5.84. The quantitative estimate of drug-likeness (QED) is 0.808. The maximum absolute atomic E-state index is 12.5. The van der Waals surface area contributed by atoms with Crippen LogP contribution in [0.4, 0.5) is 0 Å². The molecule has 1 aliphatic heterocycles. The number of nitrogens with zero attached hydrogens (tertiary/aromatic N) is 1. The Labute approximate surface area is 116 Å². The Morgan fingerprint density at radius 3 is 3.00 bits per heavy atom. The van der Waals surface area contributed by atoms with Crippen molar-refractivity contribution in [3.63, 3.8) is 0 Å². The number of piperidine rings is 1. The predicted molar refractivity (Wildman–Crippen MR) is 75.5 cm³/mol. The molecule has 0 unspecified atom stereocenters. The molecule has 1 N–H and O–H groups in total. The fourth-order valence-corrected chi connectivity index (χ4v) is 3.75. The summed E-state index contributed by atoms with van der Waals surface area (Å²) in [7, 11) is 0. The molecular formula is C16H16N2O2. The van der Waals surface area contributed by atoms with Crippen LogP contribution in [0.3, 0.4) is 0 Å². The first-order valence-electron chi connectivity index (χ1n) is 7.13. The van der Waals surface area contributed by atoms with Crippen LogP contribution in [0.2, 0.25) is 0 Å². The number of fused-ring (bicyclic) bond motifs is 6. The number of hydrogen-bond donors (Lipinski definition) is 1. The lowest BCUT2D eigenvalue weighted by Gasteiger charge is -2.35. The number of carbonyl (C=O) groups excluding carboxylic acids is 2. The fourth-order valence-electron chi connectivity index (χ4n) is 3.75. The average Bonchev–Trinajstić information content (AvgIpc) is 2.82. The number of para-hydroxylation sites is 1. The zero-order chi connectivity index (χ0) is 13.7. The van der Waals surface area contributed by atoms with Crippen molar-refractivity contribution in [2.75, 3.05) is 6.54 Å². The van der Waals surface area contributed by atoms with E-state index in [2.05, 4.69) is 4.98 Å². The van der Waals surface area contributed by atoms with Gasteiger partial charge in [-0.3, -0.25) is 9.59 Å². The van der Waals surface area contributed by atoms with Gasteiger partial charge in [-0.25, -0.2) is 0 Å². The molecule has 1 aliphatic carbocycles. The number of amides is 1. The van der Waals surface area contributed by atoms with Crippen molar-refractivity contribution < 1.29 is 9.59 Å². The topological polar surface area (TPSA) is 53.2 Å². The summed E-state index contributed by atoms with van der Waals surface area (Å²) >= 11 is 0. The van der Waals surface area contributed by atoms with Gasteiger partial charge in [0.15, 0.2) is 5.78 Å². The lowest BCUT2D eigenvalue weighted by molar-refractivity contribution is -0.122. The number of carbonyl (C=O) groups is 2. The van der Waals surface area contributed by atoms with Crippen molar-refractivity contribution >= 4 is 23.1 Å². The molecule has 2 aromatic rings. The number of rotatable bonds is 1. The predicted octanol–water partition coefficient (Wildman–Crippen LogP) is 2.66. The second-order valence-electron chi connectivity index (χ2n) is 5.84. The molecule has 0 radical (unpaired) electrons. The van der Waals surface area contributed by atoms with Crippen molar-refractivity contribution in [3.8, 4) is 0 Å². The first-order valence-corrected chi connectivity index (χ1v) is 7.13. The Morgan fingerprint density at radius 1 is 1.30 bits per heavy atom. The summed E-state index contributed by atoms with van der Waals surface area (Å²) in [6, 6.07) is 8.02. The van der Waals surface area contributed by atoms with E-state index >= 15 is 0 Å². The Morgan fingerprint density at radius 2 is 2.15 bits per heavy atom. The average molecular weight is 268 g/mol. The summed E-state index contributed by atoms with van der Waals surface area (Å²) in [4.78, 5) is 29.0. The number of hydrogen-bond acceptors (Lipinski definition) is 2. The minimum Gasteiger partial charge on any atom is -0.352 e. The summed E-state index contributed by atoms with van der Waals surface area (Å²) in [5, 5.41) is 1.08. The number of ketones is 1. The van der Waals surface area contributed by atoms with Crippen molar-refractivity contribution in [1.82, 2.24) is 9.88 Å². The van der Waals surface area contributed by atoms with Crippen LogP contribution in [0.15, 0.2) is 24.3 Å². The minimum absolute atomic E-state index is 0.0452. The van der Waals surface area contributed by atoms with Gasteiger partial charge in [-0.15, -0.1) is 0 Å². The van der Waals surface area contributed by atoms with Gasteiger partial charge in [-0.2, -0.15) is 0 Å². The monoisotopic (exact) mass is 268 g/mol. The molecule has 1 saturated heterocycles. The van der Waals surface area contributed by atoms with Crippen LogP contribution in [0.1, 0.15) is 41.4 Å². The fraction of sp³-hybridized carbons (Fsp3) is 0.375. The molecule has 4 nitrogen and oxygen atoms in total. The van der Waals surface area contributed by atoms with Gasteiger partial charge >= 0.3 is 0 Å². The highest BCUT2D eigenvalue weighted by molar-refractivity contribution is 6.03. The van der Waals surface area contributed by atoms with Crippen LogP contribution in [-0.2, 0) is 4.79 Å². The number of nitrogens with one attached hydrogen (secondary N) is 1. The van der Waals surface area contributed by atoms with Crippen LogP contribution in [0.25, 0.3) is 10.9 Å². The third-order valence-electron chi connectivity index (χ3n) is 4.72. The van der Waals surface area contributed by atoms with E-state index in [0.717, 1.165) is 42.3 Å². The van der Waals surface area contributed by atoms with E-state index in [1.165, 1.54) is 0 Å². The number of aromatic amines is 1. The van der Waals surface area contributed by atoms with E-state index in [1.54, 1.807) is 0 Å². The molecule has 2 bridgehead atoms. The van der Waals surface area contributed by atoms with Gasteiger partial charge in [0.1, 0.15) is 0 Å². The van der Waals surface area contributed by atoms with Crippen LogP contribution < -0.4 is 0 Å².